The Bertz CT molecular complexity index is 818. The summed E-state index contributed by atoms with van der Waals surface area (Å²) in [5.74, 6) is 0.802. The Hall–Kier alpha value is -3.02. The topological polar surface area (TPSA) is 73.9 Å². The van der Waals surface area contributed by atoms with E-state index in [1.54, 1.807) is 26.4 Å². The number of carbonyl (C=O) groups is 2. The molecule has 6 heteroatoms. The quantitative estimate of drug-likeness (QED) is 0.773. The summed E-state index contributed by atoms with van der Waals surface area (Å²) >= 11 is 0. The lowest BCUT2D eigenvalue weighted by Gasteiger charge is -2.12. The molecule has 1 heterocycles. The fraction of sp³-hybridized carbons (Fsp3) is 0.300. The second-order valence-corrected chi connectivity index (χ2v) is 5.97. The number of methoxy groups -OCH3 is 2. The predicted molar refractivity (Wildman–Crippen MR) is 95.5 cm³/mol. The molecular weight excluding hydrogens is 334 g/mol. The summed E-state index contributed by atoms with van der Waals surface area (Å²) in [7, 11) is 3.18. The molecule has 26 heavy (non-hydrogen) atoms. The van der Waals surface area contributed by atoms with Crippen LogP contribution in [0.25, 0.3) is 0 Å². The number of amides is 1. The molecule has 136 valence electrons. The van der Waals surface area contributed by atoms with E-state index in [2.05, 4.69) is 5.32 Å². The molecule has 0 fully saturated rings. The minimum Gasteiger partial charge on any atom is -0.493 e. The van der Waals surface area contributed by atoms with Crippen molar-refractivity contribution in [1.82, 2.24) is 5.32 Å². The standard InChI is InChI=1S/C20H21NO5/c1-24-16-8-7-13(11-18(16)25-2)9-10-21-19(22)12-17-14-5-3-4-6-15(14)20(23)26-17/h3-8,11,17H,9-10,12H2,1-2H3,(H,21,22)/t17-/m0/s1. The molecule has 0 unspecified atom stereocenters. The largest absolute Gasteiger partial charge is 0.493 e. The Labute approximate surface area is 152 Å². The highest BCUT2D eigenvalue weighted by Gasteiger charge is 2.31. The van der Waals surface area contributed by atoms with Crippen LogP contribution in [0, 0.1) is 0 Å². The number of cyclic esters (lactones) is 1. The SMILES string of the molecule is COc1ccc(CCNC(=O)C[C@@H]2OC(=O)c3ccccc32)cc1OC. The van der Waals surface area contributed by atoms with E-state index in [4.69, 9.17) is 14.2 Å². The average Bonchev–Trinajstić information content (AvgIpc) is 2.97. The lowest BCUT2D eigenvalue weighted by atomic mass is 10.0. The summed E-state index contributed by atoms with van der Waals surface area (Å²) in [6.07, 6.45) is 0.265. The Morgan fingerprint density at radius 3 is 2.65 bits per heavy atom. The number of rotatable bonds is 7. The number of carbonyl (C=O) groups excluding carboxylic acids is 2. The van der Waals surface area contributed by atoms with Gasteiger partial charge in [0, 0.05) is 12.1 Å². The summed E-state index contributed by atoms with van der Waals surface area (Å²) in [5, 5.41) is 2.87. The first-order chi connectivity index (χ1) is 12.6. The maximum absolute atomic E-state index is 12.2. The second-order valence-electron chi connectivity index (χ2n) is 5.97. The first-order valence-electron chi connectivity index (χ1n) is 8.40. The third kappa shape index (κ3) is 3.79. The van der Waals surface area contributed by atoms with Crippen molar-refractivity contribution >= 4 is 11.9 Å². The lowest BCUT2D eigenvalue weighted by molar-refractivity contribution is -0.122. The van der Waals surface area contributed by atoms with Crippen molar-refractivity contribution in [2.75, 3.05) is 20.8 Å². The van der Waals surface area contributed by atoms with Gasteiger partial charge in [0.2, 0.25) is 5.91 Å². The first-order valence-corrected chi connectivity index (χ1v) is 8.40. The van der Waals surface area contributed by atoms with Crippen LogP contribution in [-0.2, 0) is 16.0 Å². The van der Waals surface area contributed by atoms with Gasteiger partial charge in [0.1, 0.15) is 6.10 Å². The molecule has 1 aliphatic rings. The normalized spacial score (nSPS) is 15.2. The zero-order valence-electron chi connectivity index (χ0n) is 14.8. The zero-order chi connectivity index (χ0) is 18.5. The van der Waals surface area contributed by atoms with Crippen LogP contribution >= 0.6 is 0 Å². The maximum Gasteiger partial charge on any atom is 0.339 e. The molecule has 0 saturated carbocycles. The monoisotopic (exact) mass is 355 g/mol. The molecule has 2 aromatic carbocycles. The molecule has 3 rings (SSSR count). The molecule has 0 bridgehead atoms. The molecule has 1 amide bonds. The molecule has 6 nitrogen and oxygen atoms in total. The van der Waals surface area contributed by atoms with Gasteiger partial charge in [-0.1, -0.05) is 24.3 Å². The van der Waals surface area contributed by atoms with E-state index in [0.717, 1.165) is 11.1 Å². The highest BCUT2D eigenvalue weighted by Crippen LogP contribution is 2.32. The van der Waals surface area contributed by atoms with E-state index < -0.39 is 6.10 Å². The molecular formula is C20H21NO5. The van der Waals surface area contributed by atoms with Crippen LogP contribution in [-0.4, -0.2) is 32.6 Å². The maximum atomic E-state index is 12.2. The molecule has 1 N–H and O–H groups in total. The average molecular weight is 355 g/mol. The molecule has 0 spiro atoms. The van der Waals surface area contributed by atoms with Gasteiger partial charge in [0.15, 0.2) is 11.5 Å². The van der Waals surface area contributed by atoms with Crippen molar-refractivity contribution in [2.45, 2.75) is 18.9 Å². The van der Waals surface area contributed by atoms with Crippen molar-refractivity contribution in [3.05, 3.63) is 59.2 Å². The summed E-state index contributed by atoms with van der Waals surface area (Å²) in [4.78, 5) is 24.0. The molecule has 1 aliphatic heterocycles. The van der Waals surface area contributed by atoms with Crippen molar-refractivity contribution in [2.24, 2.45) is 0 Å². The fourth-order valence-corrected chi connectivity index (χ4v) is 2.99. The summed E-state index contributed by atoms with van der Waals surface area (Å²) in [5.41, 5.74) is 2.34. The highest BCUT2D eigenvalue weighted by atomic mass is 16.5. The first kappa shape index (κ1) is 17.8. The fourth-order valence-electron chi connectivity index (χ4n) is 2.99. The van der Waals surface area contributed by atoms with Gasteiger partial charge in [0.25, 0.3) is 0 Å². The Kier molecular flexibility index (Phi) is 5.41. The minimum absolute atomic E-state index is 0.120. The molecule has 0 aliphatic carbocycles. The van der Waals surface area contributed by atoms with Crippen LogP contribution in [0.5, 0.6) is 11.5 Å². The second kappa shape index (κ2) is 7.91. The zero-order valence-corrected chi connectivity index (χ0v) is 14.8. The van der Waals surface area contributed by atoms with Crippen LogP contribution in [0.4, 0.5) is 0 Å². The van der Waals surface area contributed by atoms with E-state index in [-0.39, 0.29) is 18.3 Å². The summed E-state index contributed by atoms with van der Waals surface area (Å²) < 4.78 is 15.8. The number of benzene rings is 2. The van der Waals surface area contributed by atoms with Gasteiger partial charge in [-0.25, -0.2) is 4.79 Å². The number of nitrogens with one attached hydrogen (secondary N) is 1. The van der Waals surface area contributed by atoms with Gasteiger partial charge < -0.3 is 19.5 Å². The summed E-state index contributed by atoms with van der Waals surface area (Å²) in [6, 6.07) is 12.8. The third-order valence-corrected chi connectivity index (χ3v) is 4.33. The van der Waals surface area contributed by atoms with Gasteiger partial charge in [-0.3, -0.25) is 4.79 Å². The van der Waals surface area contributed by atoms with Crippen LogP contribution < -0.4 is 14.8 Å². The van der Waals surface area contributed by atoms with Crippen molar-refractivity contribution in [3.8, 4) is 11.5 Å². The number of fused-ring (bicyclic) bond motifs is 1. The third-order valence-electron chi connectivity index (χ3n) is 4.33. The van der Waals surface area contributed by atoms with E-state index in [0.29, 0.717) is 30.0 Å². The van der Waals surface area contributed by atoms with Crippen molar-refractivity contribution in [1.29, 1.82) is 0 Å². The number of hydrogen-bond donors (Lipinski definition) is 1. The van der Waals surface area contributed by atoms with Gasteiger partial charge in [0.05, 0.1) is 26.2 Å². The Morgan fingerprint density at radius 1 is 1.12 bits per heavy atom. The number of hydrogen-bond acceptors (Lipinski definition) is 5. The predicted octanol–water partition coefficient (Wildman–Crippen LogP) is 2.66. The molecule has 0 saturated heterocycles. The lowest BCUT2D eigenvalue weighted by Crippen LogP contribution is -2.27. The van der Waals surface area contributed by atoms with E-state index in [1.165, 1.54) is 0 Å². The van der Waals surface area contributed by atoms with Crippen LogP contribution in [0.1, 0.15) is 34.0 Å². The minimum atomic E-state index is -0.514. The number of esters is 1. The van der Waals surface area contributed by atoms with Crippen LogP contribution in [0.2, 0.25) is 0 Å². The molecule has 1 atom stereocenters. The summed E-state index contributed by atoms with van der Waals surface area (Å²) in [6.45, 7) is 0.483. The Balaban J connectivity index is 1.52. The van der Waals surface area contributed by atoms with Crippen LogP contribution in [0.3, 0.4) is 0 Å². The van der Waals surface area contributed by atoms with E-state index in [9.17, 15) is 9.59 Å². The smallest absolute Gasteiger partial charge is 0.339 e. The van der Waals surface area contributed by atoms with Crippen molar-refractivity contribution in [3.63, 3.8) is 0 Å². The van der Waals surface area contributed by atoms with E-state index in [1.807, 2.05) is 30.3 Å². The van der Waals surface area contributed by atoms with Gasteiger partial charge in [-0.2, -0.15) is 0 Å². The highest BCUT2D eigenvalue weighted by molar-refractivity contribution is 5.94. The molecule has 0 radical (unpaired) electrons. The molecule has 2 aromatic rings. The molecule has 0 aromatic heterocycles. The Morgan fingerprint density at radius 2 is 1.88 bits per heavy atom. The van der Waals surface area contributed by atoms with Crippen LogP contribution in [0.15, 0.2) is 42.5 Å². The van der Waals surface area contributed by atoms with Gasteiger partial charge in [-0.15, -0.1) is 0 Å². The number of ether oxygens (including phenoxy) is 3. The van der Waals surface area contributed by atoms with Crippen molar-refractivity contribution < 1.29 is 23.8 Å². The van der Waals surface area contributed by atoms with E-state index >= 15 is 0 Å². The van der Waals surface area contributed by atoms with Gasteiger partial charge in [-0.05, 0) is 30.2 Å². The van der Waals surface area contributed by atoms with Gasteiger partial charge >= 0.3 is 5.97 Å².